The third-order valence-electron chi connectivity index (χ3n) is 4.81. The molecule has 2 aromatic rings. The Hall–Kier alpha value is -2.76. The van der Waals surface area contributed by atoms with Crippen molar-refractivity contribution in [3.8, 4) is 11.5 Å². The summed E-state index contributed by atoms with van der Waals surface area (Å²) in [6.45, 7) is 3.30. The van der Waals surface area contributed by atoms with Gasteiger partial charge in [-0.15, -0.1) is 0 Å². The van der Waals surface area contributed by atoms with Crippen molar-refractivity contribution in [2.75, 3.05) is 32.2 Å². The summed E-state index contributed by atoms with van der Waals surface area (Å²) < 4.78 is 24.7. The van der Waals surface area contributed by atoms with E-state index in [1.54, 1.807) is 38.5 Å². The highest BCUT2D eigenvalue weighted by molar-refractivity contribution is 5.95. The molecule has 6 heteroatoms. The highest BCUT2D eigenvalue weighted by Crippen LogP contribution is 2.25. The van der Waals surface area contributed by atoms with E-state index in [1.165, 1.54) is 6.07 Å². The van der Waals surface area contributed by atoms with Crippen LogP contribution in [0.5, 0.6) is 11.5 Å². The van der Waals surface area contributed by atoms with Crippen LogP contribution in [0.15, 0.2) is 36.4 Å². The summed E-state index contributed by atoms with van der Waals surface area (Å²) in [6.07, 6.45) is 1.75. The molecule has 1 aliphatic rings. The molecule has 0 aliphatic carbocycles. The van der Waals surface area contributed by atoms with Gasteiger partial charge in [0.2, 0.25) is 0 Å². The van der Waals surface area contributed by atoms with E-state index in [2.05, 4.69) is 5.32 Å². The summed E-state index contributed by atoms with van der Waals surface area (Å²) in [5.74, 6) is 0.701. The number of anilines is 1. The van der Waals surface area contributed by atoms with Crippen molar-refractivity contribution in [3.05, 3.63) is 53.3 Å². The number of piperidine rings is 1. The van der Waals surface area contributed by atoms with Crippen LogP contribution in [-0.2, 0) is 0 Å². The number of carbonyl (C=O) groups excluding carboxylic acids is 1. The van der Waals surface area contributed by atoms with Crippen LogP contribution >= 0.6 is 0 Å². The summed E-state index contributed by atoms with van der Waals surface area (Å²) in [5, 5.41) is 3.06. The number of rotatable bonds is 5. The third kappa shape index (κ3) is 4.51. The summed E-state index contributed by atoms with van der Waals surface area (Å²) in [6, 6.07) is 10.1. The third-order valence-corrected chi connectivity index (χ3v) is 4.81. The van der Waals surface area contributed by atoms with E-state index in [9.17, 15) is 9.18 Å². The number of methoxy groups -OCH3 is 2. The van der Waals surface area contributed by atoms with Gasteiger partial charge in [0.05, 0.1) is 19.9 Å². The van der Waals surface area contributed by atoms with Gasteiger partial charge in [0.15, 0.2) is 0 Å². The first-order valence-corrected chi connectivity index (χ1v) is 9.05. The molecule has 1 amide bonds. The molecule has 27 heavy (non-hydrogen) atoms. The molecule has 1 heterocycles. The second-order valence-electron chi connectivity index (χ2n) is 6.81. The number of hydrogen-bond acceptors (Lipinski definition) is 4. The molecule has 0 saturated carbocycles. The second kappa shape index (κ2) is 8.29. The Kier molecular flexibility index (Phi) is 5.84. The lowest BCUT2D eigenvalue weighted by Gasteiger charge is -2.35. The van der Waals surface area contributed by atoms with Crippen LogP contribution in [0.1, 0.15) is 28.8 Å². The van der Waals surface area contributed by atoms with Crippen LogP contribution in [-0.4, -0.2) is 39.3 Å². The van der Waals surface area contributed by atoms with Gasteiger partial charge in [-0.25, -0.2) is 4.39 Å². The zero-order valence-electron chi connectivity index (χ0n) is 15.9. The minimum Gasteiger partial charge on any atom is -0.497 e. The molecule has 1 unspecified atom stereocenters. The van der Waals surface area contributed by atoms with E-state index < -0.39 is 0 Å². The van der Waals surface area contributed by atoms with E-state index in [-0.39, 0.29) is 17.8 Å². The van der Waals surface area contributed by atoms with Gasteiger partial charge in [-0.1, -0.05) is 6.07 Å². The van der Waals surface area contributed by atoms with Crippen molar-refractivity contribution in [3.63, 3.8) is 0 Å². The first-order valence-electron chi connectivity index (χ1n) is 9.05. The summed E-state index contributed by atoms with van der Waals surface area (Å²) >= 11 is 0. The SMILES string of the molecule is COc1cc(OC)cc(C(=O)NC2CCCN(c3cc(C)ccc3F)C2)c1. The van der Waals surface area contributed by atoms with E-state index >= 15 is 0 Å². The van der Waals surface area contributed by atoms with Gasteiger partial charge in [0, 0.05) is 30.8 Å². The molecule has 0 aromatic heterocycles. The molecule has 1 saturated heterocycles. The number of halogens is 1. The first kappa shape index (κ1) is 19.0. The van der Waals surface area contributed by atoms with Gasteiger partial charge >= 0.3 is 0 Å². The maximum atomic E-state index is 14.2. The number of nitrogens with zero attached hydrogens (tertiary/aromatic N) is 1. The number of aryl methyl sites for hydroxylation is 1. The highest BCUT2D eigenvalue weighted by atomic mass is 19.1. The quantitative estimate of drug-likeness (QED) is 0.872. The molecule has 1 atom stereocenters. The predicted molar refractivity (Wildman–Crippen MR) is 103 cm³/mol. The normalized spacial score (nSPS) is 16.7. The van der Waals surface area contributed by atoms with E-state index in [1.807, 2.05) is 17.9 Å². The fraction of sp³-hybridized carbons (Fsp3) is 0.381. The first-order chi connectivity index (χ1) is 13.0. The lowest BCUT2D eigenvalue weighted by molar-refractivity contribution is 0.0932. The van der Waals surface area contributed by atoms with Crippen molar-refractivity contribution in [1.29, 1.82) is 0 Å². The largest absolute Gasteiger partial charge is 0.497 e. The van der Waals surface area contributed by atoms with E-state index in [0.29, 0.717) is 29.3 Å². The molecule has 0 bridgehead atoms. The Labute approximate surface area is 159 Å². The average molecular weight is 372 g/mol. The zero-order valence-corrected chi connectivity index (χ0v) is 15.9. The van der Waals surface area contributed by atoms with Crippen LogP contribution in [0, 0.1) is 12.7 Å². The average Bonchev–Trinajstić information content (AvgIpc) is 2.69. The van der Waals surface area contributed by atoms with Crippen LogP contribution < -0.4 is 19.7 Å². The van der Waals surface area contributed by atoms with Crippen LogP contribution in [0.3, 0.4) is 0 Å². The number of amides is 1. The van der Waals surface area contributed by atoms with Gasteiger partial charge in [-0.05, 0) is 49.6 Å². The topological polar surface area (TPSA) is 50.8 Å². The number of hydrogen-bond donors (Lipinski definition) is 1. The molecular weight excluding hydrogens is 347 g/mol. The van der Waals surface area contributed by atoms with Crippen molar-refractivity contribution in [2.24, 2.45) is 0 Å². The fourth-order valence-corrected chi connectivity index (χ4v) is 3.39. The number of carbonyl (C=O) groups is 1. The molecule has 1 N–H and O–H groups in total. The summed E-state index contributed by atoms with van der Waals surface area (Å²) in [5.41, 5.74) is 2.09. The Balaban J connectivity index is 1.72. The number of benzene rings is 2. The van der Waals surface area contributed by atoms with Crippen molar-refractivity contribution in [2.45, 2.75) is 25.8 Å². The molecule has 144 valence electrons. The van der Waals surface area contributed by atoms with Gasteiger partial charge < -0.3 is 19.7 Å². The second-order valence-corrected chi connectivity index (χ2v) is 6.81. The van der Waals surface area contributed by atoms with E-state index in [0.717, 1.165) is 24.9 Å². The number of ether oxygens (including phenoxy) is 2. The standard InChI is InChI=1S/C21H25FN2O3/c1-14-6-7-19(22)20(9-14)24-8-4-5-16(13-24)23-21(25)15-10-17(26-2)12-18(11-15)27-3/h6-7,9-12,16H,4-5,8,13H2,1-3H3,(H,23,25). The highest BCUT2D eigenvalue weighted by Gasteiger charge is 2.24. The van der Waals surface area contributed by atoms with Crippen LogP contribution in [0.25, 0.3) is 0 Å². The fourth-order valence-electron chi connectivity index (χ4n) is 3.39. The van der Waals surface area contributed by atoms with Crippen LogP contribution in [0.4, 0.5) is 10.1 Å². The summed E-state index contributed by atoms with van der Waals surface area (Å²) in [7, 11) is 3.09. The monoisotopic (exact) mass is 372 g/mol. The minimum atomic E-state index is -0.231. The molecule has 0 spiro atoms. The summed E-state index contributed by atoms with van der Waals surface area (Å²) in [4.78, 5) is 14.7. The molecular formula is C21H25FN2O3. The van der Waals surface area contributed by atoms with Crippen LogP contribution in [0.2, 0.25) is 0 Å². The number of nitrogens with one attached hydrogen (secondary N) is 1. The molecule has 5 nitrogen and oxygen atoms in total. The molecule has 3 rings (SSSR count). The van der Waals surface area contributed by atoms with Gasteiger partial charge in [0.25, 0.3) is 5.91 Å². The van der Waals surface area contributed by atoms with Gasteiger partial charge in [-0.2, -0.15) is 0 Å². The Bertz CT molecular complexity index is 803. The molecule has 1 aliphatic heterocycles. The van der Waals surface area contributed by atoms with Crippen molar-refractivity contribution >= 4 is 11.6 Å². The van der Waals surface area contributed by atoms with Gasteiger partial charge in [-0.3, -0.25) is 4.79 Å². The molecule has 1 fully saturated rings. The molecule has 0 radical (unpaired) electrons. The van der Waals surface area contributed by atoms with E-state index in [4.69, 9.17) is 9.47 Å². The molecule has 2 aromatic carbocycles. The van der Waals surface area contributed by atoms with Crippen molar-refractivity contribution in [1.82, 2.24) is 5.32 Å². The smallest absolute Gasteiger partial charge is 0.251 e. The van der Waals surface area contributed by atoms with Gasteiger partial charge in [0.1, 0.15) is 17.3 Å². The predicted octanol–water partition coefficient (Wildman–Crippen LogP) is 3.55. The Morgan fingerprint density at radius 1 is 1.15 bits per heavy atom. The Morgan fingerprint density at radius 3 is 2.52 bits per heavy atom. The lowest BCUT2D eigenvalue weighted by Crippen LogP contribution is -2.48. The zero-order chi connectivity index (χ0) is 19.4. The lowest BCUT2D eigenvalue weighted by atomic mass is 10.0. The Morgan fingerprint density at radius 2 is 1.85 bits per heavy atom. The van der Waals surface area contributed by atoms with Crippen molar-refractivity contribution < 1.29 is 18.7 Å². The maximum Gasteiger partial charge on any atom is 0.251 e. The minimum absolute atomic E-state index is 0.0524. The maximum absolute atomic E-state index is 14.2.